The lowest BCUT2D eigenvalue weighted by atomic mass is 10.2. The van der Waals surface area contributed by atoms with Gasteiger partial charge in [0.1, 0.15) is 11.3 Å². The molecule has 0 spiro atoms. The Kier molecular flexibility index (Phi) is 9.01. The summed E-state index contributed by atoms with van der Waals surface area (Å²) in [6.07, 6.45) is 0.782. The number of furan rings is 1. The summed E-state index contributed by atoms with van der Waals surface area (Å²) < 4.78 is 10.9. The number of halogens is 1. The van der Waals surface area contributed by atoms with Crippen LogP contribution in [0.25, 0.3) is 11.0 Å². The van der Waals surface area contributed by atoms with E-state index in [1.807, 2.05) is 18.2 Å². The third-order valence-electron chi connectivity index (χ3n) is 3.25. The average Bonchev–Trinajstić information content (AvgIpc) is 2.90. The molecule has 128 valence electrons. The second-order valence-corrected chi connectivity index (χ2v) is 5.26. The Morgan fingerprint density at radius 2 is 2.13 bits per heavy atom. The van der Waals surface area contributed by atoms with Crippen molar-refractivity contribution in [2.45, 2.75) is 26.3 Å². The molecule has 0 fully saturated rings. The fourth-order valence-electron chi connectivity index (χ4n) is 2.28. The minimum absolute atomic E-state index is 0. The zero-order chi connectivity index (χ0) is 15.8. The van der Waals surface area contributed by atoms with Crippen LogP contribution >= 0.6 is 24.0 Å². The number of methoxy groups -OCH3 is 1. The number of ether oxygens (including phenoxy) is 1. The number of nitrogens with zero attached hydrogens (tertiary/aromatic N) is 1. The Morgan fingerprint density at radius 3 is 2.83 bits per heavy atom. The van der Waals surface area contributed by atoms with Crippen molar-refractivity contribution >= 4 is 40.9 Å². The van der Waals surface area contributed by atoms with Gasteiger partial charge >= 0.3 is 0 Å². The largest absolute Gasteiger partial charge is 0.461 e. The minimum atomic E-state index is 0. The minimum Gasteiger partial charge on any atom is -0.461 e. The van der Waals surface area contributed by atoms with Gasteiger partial charge in [-0.25, -0.2) is 0 Å². The highest BCUT2D eigenvalue weighted by Gasteiger charge is 2.05. The van der Waals surface area contributed by atoms with Gasteiger partial charge in [-0.3, -0.25) is 4.99 Å². The topological polar surface area (TPSA) is 58.8 Å². The van der Waals surface area contributed by atoms with Gasteiger partial charge in [0.25, 0.3) is 0 Å². The van der Waals surface area contributed by atoms with Crippen LogP contribution in [-0.4, -0.2) is 38.8 Å². The predicted molar refractivity (Wildman–Crippen MR) is 106 cm³/mol. The Labute approximate surface area is 154 Å². The summed E-state index contributed by atoms with van der Waals surface area (Å²) in [6.45, 7) is 6.27. The Hall–Kier alpha value is -1.28. The molecule has 0 aliphatic rings. The normalized spacial score (nSPS) is 12.7. The SMILES string of the molecule is CCNC(=NCCc1cc2ccccc2o1)NC(C)COC.I. The van der Waals surface area contributed by atoms with Crippen LogP contribution in [0.2, 0.25) is 0 Å². The van der Waals surface area contributed by atoms with Crippen LogP contribution in [0.3, 0.4) is 0 Å². The number of benzene rings is 1. The monoisotopic (exact) mass is 431 g/mol. The highest BCUT2D eigenvalue weighted by Crippen LogP contribution is 2.18. The smallest absolute Gasteiger partial charge is 0.191 e. The van der Waals surface area contributed by atoms with E-state index in [0.29, 0.717) is 13.2 Å². The van der Waals surface area contributed by atoms with Crippen molar-refractivity contribution in [3.8, 4) is 0 Å². The number of aliphatic imine (C=N–C) groups is 1. The van der Waals surface area contributed by atoms with Crippen molar-refractivity contribution in [2.75, 3.05) is 26.8 Å². The van der Waals surface area contributed by atoms with Crippen LogP contribution in [0.5, 0.6) is 0 Å². The van der Waals surface area contributed by atoms with E-state index >= 15 is 0 Å². The number of para-hydroxylation sites is 1. The number of fused-ring (bicyclic) bond motifs is 1. The number of hydrogen-bond donors (Lipinski definition) is 2. The zero-order valence-electron chi connectivity index (χ0n) is 14.0. The first-order chi connectivity index (χ1) is 10.7. The van der Waals surface area contributed by atoms with E-state index in [9.17, 15) is 0 Å². The van der Waals surface area contributed by atoms with Crippen LogP contribution in [0.4, 0.5) is 0 Å². The fourth-order valence-corrected chi connectivity index (χ4v) is 2.28. The second kappa shape index (κ2) is 10.5. The van der Waals surface area contributed by atoms with E-state index in [4.69, 9.17) is 9.15 Å². The summed E-state index contributed by atoms with van der Waals surface area (Å²) in [6, 6.07) is 10.3. The molecule has 1 aromatic carbocycles. The highest BCUT2D eigenvalue weighted by atomic mass is 127. The van der Waals surface area contributed by atoms with Crippen molar-refractivity contribution in [3.05, 3.63) is 36.1 Å². The summed E-state index contributed by atoms with van der Waals surface area (Å²) in [4.78, 5) is 4.58. The molecule has 1 unspecified atom stereocenters. The highest BCUT2D eigenvalue weighted by molar-refractivity contribution is 14.0. The van der Waals surface area contributed by atoms with Gasteiger partial charge in [0, 0.05) is 38.0 Å². The maximum absolute atomic E-state index is 5.80. The van der Waals surface area contributed by atoms with Crippen LogP contribution in [0.15, 0.2) is 39.7 Å². The van der Waals surface area contributed by atoms with Crippen molar-refractivity contribution in [3.63, 3.8) is 0 Å². The maximum Gasteiger partial charge on any atom is 0.191 e. The molecule has 1 heterocycles. The summed E-state index contributed by atoms with van der Waals surface area (Å²) in [5, 5.41) is 7.69. The van der Waals surface area contributed by atoms with Crippen LogP contribution in [0.1, 0.15) is 19.6 Å². The molecule has 0 aliphatic heterocycles. The molecule has 2 rings (SSSR count). The lowest BCUT2D eigenvalue weighted by Crippen LogP contribution is -2.44. The van der Waals surface area contributed by atoms with E-state index in [0.717, 1.165) is 35.7 Å². The van der Waals surface area contributed by atoms with Crippen molar-refractivity contribution in [2.24, 2.45) is 4.99 Å². The molecule has 0 saturated carbocycles. The molecule has 2 N–H and O–H groups in total. The Bertz CT molecular complexity index is 580. The molecule has 23 heavy (non-hydrogen) atoms. The van der Waals surface area contributed by atoms with Gasteiger partial charge in [0.15, 0.2) is 5.96 Å². The zero-order valence-corrected chi connectivity index (χ0v) is 16.3. The summed E-state index contributed by atoms with van der Waals surface area (Å²) in [5.74, 6) is 1.77. The summed E-state index contributed by atoms with van der Waals surface area (Å²) in [5.41, 5.74) is 0.931. The molecule has 0 saturated heterocycles. The first kappa shape index (κ1) is 19.8. The molecular formula is C17H26IN3O2. The first-order valence-corrected chi connectivity index (χ1v) is 7.74. The maximum atomic E-state index is 5.80. The molecule has 5 nitrogen and oxygen atoms in total. The number of nitrogens with one attached hydrogen (secondary N) is 2. The summed E-state index contributed by atoms with van der Waals surface area (Å²) >= 11 is 0. The molecular weight excluding hydrogens is 405 g/mol. The quantitative estimate of drug-likeness (QED) is 0.402. The van der Waals surface area contributed by atoms with Gasteiger partial charge in [-0.2, -0.15) is 0 Å². The molecule has 0 aliphatic carbocycles. The molecule has 1 atom stereocenters. The van der Waals surface area contributed by atoms with E-state index in [-0.39, 0.29) is 30.0 Å². The van der Waals surface area contributed by atoms with E-state index in [1.165, 1.54) is 0 Å². The van der Waals surface area contributed by atoms with E-state index in [2.05, 4.69) is 41.6 Å². The van der Waals surface area contributed by atoms with Crippen LogP contribution in [-0.2, 0) is 11.2 Å². The third-order valence-corrected chi connectivity index (χ3v) is 3.25. The molecule has 0 amide bonds. The molecule has 0 radical (unpaired) electrons. The van der Waals surface area contributed by atoms with Gasteiger partial charge in [-0.1, -0.05) is 18.2 Å². The van der Waals surface area contributed by atoms with E-state index < -0.39 is 0 Å². The number of guanidine groups is 1. The number of hydrogen-bond acceptors (Lipinski definition) is 3. The summed E-state index contributed by atoms with van der Waals surface area (Å²) in [7, 11) is 1.70. The van der Waals surface area contributed by atoms with Crippen molar-refractivity contribution in [1.82, 2.24) is 10.6 Å². The van der Waals surface area contributed by atoms with Crippen molar-refractivity contribution in [1.29, 1.82) is 0 Å². The number of rotatable bonds is 7. The molecule has 1 aromatic heterocycles. The van der Waals surface area contributed by atoms with E-state index in [1.54, 1.807) is 7.11 Å². The molecule has 6 heteroatoms. The molecule has 2 aromatic rings. The predicted octanol–water partition coefficient (Wildman–Crippen LogP) is 3.18. The van der Waals surface area contributed by atoms with Crippen LogP contribution in [0, 0.1) is 0 Å². The fraction of sp³-hybridized carbons (Fsp3) is 0.471. The third kappa shape index (κ3) is 6.39. The van der Waals surface area contributed by atoms with Crippen molar-refractivity contribution < 1.29 is 9.15 Å². The van der Waals surface area contributed by atoms with Gasteiger partial charge in [-0.15, -0.1) is 24.0 Å². The average molecular weight is 431 g/mol. The van der Waals surface area contributed by atoms with Gasteiger partial charge < -0.3 is 19.8 Å². The second-order valence-electron chi connectivity index (χ2n) is 5.26. The lowest BCUT2D eigenvalue weighted by molar-refractivity contribution is 0.179. The molecule has 0 bridgehead atoms. The first-order valence-electron chi connectivity index (χ1n) is 7.74. The van der Waals surface area contributed by atoms with Gasteiger partial charge in [-0.05, 0) is 26.0 Å². The van der Waals surface area contributed by atoms with Gasteiger partial charge in [0.05, 0.1) is 6.61 Å². The van der Waals surface area contributed by atoms with Gasteiger partial charge in [0.2, 0.25) is 0 Å². The van der Waals surface area contributed by atoms with Crippen LogP contribution < -0.4 is 10.6 Å². The Morgan fingerprint density at radius 1 is 1.35 bits per heavy atom. The standard InChI is InChI=1S/C17H25N3O2.HI/c1-4-18-17(20-13(2)12-21-3)19-10-9-15-11-14-7-5-6-8-16(14)22-15;/h5-8,11,13H,4,9-10,12H2,1-3H3,(H2,18,19,20);1H. The lowest BCUT2D eigenvalue weighted by Gasteiger charge is -2.16. The Balaban J connectivity index is 0.00000264.